The van der Waals surface area contributed by atoms with E-state index in [4.69, 9.17) is 4.74 Å². The zero-order valence-electron chi connectivity index (χ0n) is 14.7. The van der Waals surface area contributed by atoms with Crippen LogP contribution in [0.2, 0.25) is 0 Å². The summed E-state index contributed by atoms with van der Waals surface area (Å²) in [5.41, 5.74) is 3.35. The molecule has 1 aliphatic carbocycles. The molecule has 1 saturated heterocycles. The van der Waals surface area contributed by atoms with E-state index in [0.29, 0.717) is 12.5 Å². The Hall–Kier alpha value is -1.68. The van der Waals surface area contributed by atoms with Crippen molar-refractivity contribution in [1.82, 2.24) is 0 Å². The van der Waals surface area contributed by atoms with Gasteiger partial charge in [0.2, 0.25) is 0 Å². The van der Waals surface area contributed by atoms with E-state index in [0.717, 1.165) is 24.1 Å². The fraction of sp³-hybridized carbons (Fsp3) is 0.524. The summed E-state index contributed by atoms with van der Waals surface area (Å²) < 4.78 is 35.1. The number of hydrogen-bond acceptors (Lipinski definition) is 2. The molecular formula is C21H25F2NO. The van der Waals surface area contributed by atoms with Crippen molar-refractivity contribution in [2.24, 2.45) is 11.8 Å². The first-order valence-electron chi connectivity index (χ1n) is 9.26. The highest BCUT2D eigenvalue weighted by Gasteiger charge is 2.46. The Morgan fingerprint density at radius 1 is 1.28 bits per heavy atom. The number of allylic oxidation sites excluding steroid dienone is 3. The maximum absolute atomic E-state index is 14.5. The standard InChI is InChI=1S/C21H25F2NO/c1-12(2)13-8-9-18-15(11-13)21-14(5-4-10-25-21)20(24-18)19-16(22)6-3-7-17(19)23/h3,6-9,11-12,14,16,19-21,24H,4-5,10H2,1-2H3/t14-,16?,19?,20+,21-/m0/s1. The van der Waals surface area contributed by atoms with Crippen LogP contribution in [0.15, 0.2) is 42.3 Å². The van der Waals surface area contributed by atoms with Crippen LogP contribution in [-0.4, -0.2) is 18.8 Å². The van der Waals surface area contributed by atoms with E-state index in [1.807, 2.05) is 6.07 Å². The van der Waals surface area contributed by atoms with E-state index in [2.05, 4.69) is 31.3 Å². The maximum Gasteiger partial charge on any atom is 0.130 e. The van der Waals surface area contributed by atoms with Crippen LogP contribution in [0.5, 0.6) is 0 Å². The van der Waals surface area contributed by atoms with Crippen LogP contribution >= 0.6 is 0 Å². The van der Waals surface area contributed by atoms with Crippen LogP contribution in [0, 0.1) is 11.8 Å². The second kappa shape index (κ2) is 6.56. The van der Waals surface area contributed by atoms with Crippen molar-refractivity contribution in [3.05, 3.63) is 53.4 Å². The Labute approximate surface area is 148 Å². The van der Waals surface area contributed by atoms with E-state index in [9.17, 15) is 8.78 Å². The third-order valence-corrected chi connectivity index (χ3v) is 5.80. The lowest BCUT2D eigenvalue weighted by Gasteiger charge is -2.46. The first-order chi connectivity index (χ1) is 12.1. The first kappa shape index (κ1) is 16.8. The summed E-state index contributed by atoms with van der Waals surface area (Å²) in [5.74, 6) is -0.641. The molecule has 0 aromatic heterocycles. The summed E-state index contributed by atoms with van der Waals surface area (Å²) in [5, 5.41) is 3.46. The van der Waals surface area contributed by atoms with Gasteiger partial charge in [-0.25, -0.2) is 8.78 Å². The van der Waals surface area contributed by atoms with Gasteiger partial charge in [0.25, 0.3) is 0 Å². The molecule has 2 nitrogen and oxygen atoms in total. The molecule has 1 N–H and O–H groups in total. The molecule has 4 rings (SSSR count). The van der Waals surface area contributed by atoms with Gasteiger partial charge >= 0.3 is 0 Å². The number of ether oxygens (including phenoxy) is 1. The molecule has 4 heteroatoms. The maximum atomic E-state index is 14.5. The normalized spacial score (nSPS) is 34.1. The summed E-state index contributed by atoms with van der Waals surface area (Å²) in [4.78, 5) is 0. The quantitative estimate of drug-likeness (QED) is 0.769. The van der Waals surface area contributed by atoms with Crippen molar-refractivity contribution >= 4 is 5.69 Å². The summed E-state index contributed by atoms with van der Waals surface area (Å²) in [6.45, 7) is 5.05. The third-order valence-electron chi connectivity index (χ3n) is 5.80. The molecule has 2 aliphatic heterocycles. The number of fused-ring (bicyclic) bond motifs is 3. The van der Waals surface area contributed by atoms with E-state index < -0.39 is 12.1 Å². The largest absolute Gasteiger partial charge is 0.381 e. The van der Waals surface area contributed by atoms with Crippen LogP contribution in [0.4, 0.5) is 14.5 Å². The van der Waals surface area contributed by atoms with Gasteiger partial charge in [0, 0.05) is 29.8 Å². The van der Waals surface area contributed by atoms with E-state index >= 15 is 0 Å². The fourth-order valence-electron chi connectivity index (χ4n) is 4.45. The zero-order valence-corrected chi connectivity index (χ0v) is 14.7. The first-order valence-corrected chi connectivity index (χ1v) is 9.26. The molecule has 0 amide bonds. The Morgan fingerprint density at radius 3 is 2.88 bits per heavy atom. The molecule has 134 valence electrons. The number of anilines is 1. The number of benzene rings is 1. The molecule has 0 saturated carbocycles. The lowest BCUT2D eigenvalue weighted by atomic mass is 9.72. The molecule has 0 spiro atoms. The molecule has 2 heterocycles. The van der Waals surface area contributed by atoms with Gasteiger partial charge in [-0.05, 0) is 42.5 Å². The van der Waals surface area contributed by atoms with E-state index in [1.165, 1.54) is 23.8 Å². The zero-order chi connectivity index (χ0) is 17.6. The molecule has 1 aromatic rings. The predicted octanol–water partition coefficient (Wildman–Crippen LogP) is 5.45. The smallest absolute Gasteiger partial charge is 0.130 e. The molecule has 25 heavy (non-hydrogen) atoms. The van der Waals surface area contributed by atoms with Gasteiger partial charge < -0.3 is 10.1 Å². The lowest BCUT2D eigenvalue weighted by molar-refractivity contribution is -0.0459. The van der Waals surface area contributed by atoms with Gasteiger partial charge in [-0.3, -0.25) is 0 Å². The number of nitrogens with one attached hydrogen (secondary N) is 1. The van der Waals surface area contributed by atoms with Crippen molar-refractivity contribution in [3.63, 3.8) is 0 Å². The van der Waals surface area contributed by atoms with Gasteiger partial charge in [-0.2, -0.15) is 0 Å². The minimum absolute atomic E-state index is 0.0811. The number of hydrogen-bond donors (Lipinski definition) is 1. The van der Waals surface area contributed by atoms with E-state index in [-0.39, 0.29) is 23.9 Å². The SMILES string of the molecule is CC(C)c1ccc2c(c1)[C@H]1OCCC[C@H]1[C@H](C1C(F)=CC=CC1F)N2. The Bertz CT molecular complexity index is 712. The average molecular weight is 345 g/mol. The lowest BCUT2D eigenvalue weighted by Crippen LogP contribution is -2.48. The highest BCUT2D eigenvalue weighted by atomic mass is 19.1. The van der Waals surface area contributed by atoms with Crippen LogP contribution in [0.1, 0.15) is 49.8 Å². The monoisotopic (exact) mass is 345 g/mol. The molecular weight excluding hydrogens is 320 g/mol. The van der Waals surface area contributed by atoms with Crippen molar-refractivity contribution in [3.8, 4) is 0 Å². The molecule has 2 unspecified atom stereocenters. The Morgan fingerprint density at radius 2 is 2.12 bits per heavy atom. The third kappa shape index (κ3) is 2.91. The molecule has 1 fully saturated rings. The van der Waals surface area contributed by atoms with Crippen LogP contribution in [-0.2, 0) is 4.74 Å². The molecule has 3 aliphatic rings. The van der Waals surface area contributed by atoms with Crippen LogP contribution < -0.4 is 5.32 Å². The number of rotatable bonds is 2. The van der Waals surface area contributed by atoms with Crippen molar-refractivity contribution in [1.29, 1.82) is 0 Å². The van der Waals surface area contributed by atoms with Gasteiger partial charge in [0.1, 0.15) is 12.0 Å². The Kier molecular flexibility index (Phi) is 4.40. The highest BCUT2D eigenvalue weighted by Crippen LogP contribution is 2.48. The summed E-state index contributed by atoms with van der Waals surface area (Å²) in [6.07, 6.45) is 4.78. The van der Waals surface area contributed by atoms with Gasteiger partial charge in [0.15, 0.2) is 0 Å². The molecule has 0 bridgehead atoms. The average Bonchev–Trinajstić information content (AvgIpc) is 2.61. The van der Waals surface area contributed by atoms with Crippen LogP contribution in [0.3, 0.4) is 0 Å². The second-order valence-corrected chi connectivity index (χ2v) is 7.68. The van der Waals surface area contributed by atoms with Gasteiger partial charge in [-0.1, -0.05) is 32.1 Å². The van der Waals surface area contributed by atoms with Crippen molar-refractivity contribution < 1.29 is 13.5 Å². The highest BCUT2D eigenvalue weighted by molar-refractivity contribution is 5.58. The minimum Gasteiger partial charge on any atom is -0.381 e. The molecule has 0 radical (unpaired) electrons. The van der Waals surface area contributed by atoms with Gasteiger partial charge in [0.05, 0.1) is 12.0 Å². The molecule has 5 atom stereocenters. The second-order valence-electron chi connectivity index (χ2n) is 7.68. The summed E-state index contributed by atoms with van der Waals surface area (Å²) in [6, 6.07) is 6.04. The van der Waals surface area contributed by atoms with Gasteiger partial charge in [-0.15, -0.1) is 0 Å². The fourth-order valence-corrected chi connectivity index (χ4v) is 4.45. The minimum atomic E-state index is -1.30. The van der Waals surface area contributed by atoms with E-state index in [1.54, 1.807) is 0 Å². The number of alkyl halides is 1. The van der Waals surface area contributed by atoms with Crippen molar-refractivity contribution in [2.45, 2.75) is 50.9 Å². The number of halogens is 2. The predicted molar refractivity (Wildman–Crippen MR) is 96.1 cm³/mol. The molecule has 1 aromatic carbocycles. The topological polar surface area (TPSA) is 21.3 Å². The van der Waals surface area contributed by atoms with Crippen molar-refractivity contribution in [2.75, 3.05) is 11.9 Å². The Balaban J connectivity index is 1.74. The van der Waals surface area contributed by atoms with Crippen LogP contribution in [0.25, 0.3) is 0 Å². The summed E-state index contributed by atoms with van der Waals surface area (Å²) >= 11 is 0. The summed E-state index contributed by atoms with van der Waals surface area (Å²) in [7, 11) is 0.